The molecule has 5 rings (SSSR count). The number of rotatable bonds is 5. The van der Waals surface area contributed by atoms with Crippen molar-refractivity contribution in [3.05, 3.63) is 82.0 Å². The lowest BCUT2D eigenvalue weighted by molar-refractivity contribution is 0.0919. The highest BCUT2D eigenvalue weighted by molar-refractivity contribution is 6.30. The minimum absolute atomic E-state index is 0.643. The third-order valence-electron chi connectivity index (χ3n) is 6.72. The maximum atomic E-state index is 6.16. The van der Waals surface area contributed by atoms with Gasteiger partial charge in [0.2, 0.25) is 0 Å². The fraction of sp³-hybridized carbons (Fsp3) is 0.440. The van der Waals surface area contributed by atoms with Crippen molar-refractivity contribution in [2.24, 2.45) is 0 Å². The van der Waals surface area contributed by atoms with E-state index in [0.29, 0.717) is 6.04 Å². The molecule has 0 atom stereocenters. The van der Waals surface area contributed by atoms with Gasteiger partial charge in [0.15, 0.2) is 0 Å². The first-order valence-electron chi connectivity index (χ1n) is 11.2. The Labute approximate surface area is 185 Å². The normalized spacial score (nSPS) is 21.6. The molecular weight excluding hydrogens is 392 g/mol. The van der Waals surface area contributed by atoms with Crippen LogP contribution in [0.5, 0.6) is 0 Å². The van der Waals surface area contributed by atoms with Gasteiger partial charge in [0.25, 0.3) is 0 Å². The third-order valence-corrected chi connectivity index (χ3v) is 6.96. The minimum Gasteiger partial charge on any atom is -0.321 e. The molecule has 0 unspecified atom stereocenters. The number of hydrazine groups is 1. The van der Waals surface area contributed by atoms with Gasteiger partial charge in [-0.2, -0.15) is 0 Å². The molecule has 1 N–H and O–H groups in total. The van der Waals surface area contributed by atoms with Gasteiger partial charge < -0.3 is 5.43 Å². The van der Waals surface area contributed by atoms with E-state index in [-0.39, 0.29) is 0 Å². The monoisotopic (exact) mass is 422 g/mol. The average Bonchev–Trinajstić information content (AvgIpc) is 3.18. The molecule has 0 aromatic heterocycles. The predicted octanol–water partition coefficient (Wildman–Crippen LogP) is 4.28. The van der Waals surface area contributed by atoms with Crippen molar-refractivity contribution < 1.29 is 0 Å². The smallest absolute Gasteiger partial charge is 0.0413 e. The van der Waals surface area contributed by atoms with E-state index in [9.17, 15) is 0 Å². The third kappa shape index (κ3) is 4.73. The van der Waals surface area contributed by atoms with Crippen molar-refractivity contribution >= 4 is 11.6 Å². The van der Waals surface area contributed by atoms with Gasteiger partial charge in [0.1, 0.15) is 0 Å². The molecule has 0 bridgehead atoms. The molecule has 2 aromatic carbocycles. The molecule has 30 heavy (non-hydrogen) atoms. The van der Waals surface area contributed by atoms with Gasteiger partial charge in [-0.05, 0) is 48.1 Å². The molecule has 0 radical (unpaired) electrons. The molecule has 158 valence electrons. The number of nitrogens with zero attached hydrogens (tertiary/aromatic N) is 3. The maximum Gasteiger partial charge on any atom is 0.0413 e. The van der Waals surface area contributed by atoms with Crippen LogP contribution in [0.2, 0.25) is 5.02 Å². The summed E-state index contributed by atoms with van der Waals surface area (Å²) >= 11 is 6.16. The van der Waals surface area contributed by atoms with Gasteiger partial charge >= 0.3 is 0 Å². The second-order valence-electron chi connectivity index (χ2n) is 8.91. The average molecular weight is 423 g/mol. The SMILES string of the molecule is Clc1cccc(CN2CCC3=C(C2)NN(C2CCN(Cc4ccccc4)CC2)C3)c1. The largest absolute Gasteiger partial charge is 0.321 e. The molecule has 3 heterocycles. The van der Waals surface area contributed by atoms with E-state index in [1.165, 1.54) is 49.2 Å². The summed E-state index contributed by atoms with van der Waals surface area (Å²) in [4.78, 5) is 5.13. The number of benzene rings is 2. The number of nitrogens with one attached hydrogen (secondary N) is 1. The van der Waals surface area contributed by atoms with Crippen molar-refractivity contribution in [2.45, 2.75) is 38.4 Å². The number of hydrogen-bond acceptors (Lipinski definition) is 4. The van der Waals surface area contributed by atoms with Gasteiger partial charge in [0, 0.05) is 62.6 Å². The Bertz CT molecular complexity index is 889. The zero-order chi connectivity index (χ0) is 20.3. The van der Waals surface area contributed by atoms with E-state index in [1.54, 1.807) is 5.57 Å². The van der Waals surface area contributed by atoms with Crippen LogP contribution in [0.1, 0.15) is 30.4 Å². The van der Waals surface area contributed by atoms with E-state index in [0.717, 1.165) is 37.7 Å². The molecule has 2 aromatic rings. The highest BCUT2D eigenvalue weighted by Crippen LogP contribution is 2.28. The second-order valence-corrected chi connectivity index (χ2v) is 9.34. The van der Waals surface area contributed by atoms with Gasteiger partial charge in [0.05, 0.1) is 0 Å². The maximum absolute atomic E-state index is 6.16. The van der Waals surface area contributed by atoms with Gasteiger partial charge in [-0.15, -0.1) is 0 Å². The van der Waals surface area contributed by atoms with Crippen LogP contribution >= 0.6 is 11.6 Å². The molecule has 0 aliphatic carbocycles. The minimum atomic E-state index is 0.643. The summed E-state index contributed by atoms with van der Waals surface area (Å²) < 4.78 is 0. The predicted molar refractivity (Wildman–Crippen MR) is 123 cm³/mol. The first-order chi connectivity index (χ1) is 14.7. The summed E-state index contributed by atoms with van der Waals surface area (Å²) in [5.74, 6) is 0. The summed E-state index contributed by atoms with van der Waals surface area (Å²) in [6.45, 7) is 7.67. The summed E-state index contributed by atoms with van der Waals surface area (Å²) in [5.41, 5.74) is 9.56. The molecule has 3 aliphatic heterocycles. The van der Waals surface area contributed by atoms with Crippen LogP contribution in [0, 0.1) is 0 Å². The molecular formula is C25H31ClN4. The Kier molecular flexibility index (Phi) is 6.09. The zero-order valence-corrected chi connectivity index (χ0v) is 18.3. The van der Waals surface area contributed by atoms with Crippen molar-refractivity contribution in [1.29, 1.82) is 0 Å². The molecule has 1 saturated heterocycles. The highest BCUT2D eigenvalue weighted by Gasteiger charge is 2.32. The van der Waals surface area contributed by atoms with E-state index >= 15 is 0 Å². The molecule has 5 heteroatoms. The molecule has 0 spiro atoms. The molecule has 0 saturated carbocycles. The Morgan fingerprint density at radius 3 is 2.40 bits per heavy atom. The summed E-state index contributed by atoms with van der Waals surface area (Å²) in [6, 6.07) is 19.8. The summed E-state index contributed by atoms with van der Waals surface area (Å²) in [7, 11) is 0. The van der Waals surface area contributed by atoms with E-state index in [1.807, 2.05) is 12.1 Å². The Hall–Kier alpha value is -1.85. The van der Waals surface area contributed by atoms with E-state index in [4.69, 9.17) is 11.6 Å². The lowest BCUT2D eigenvalue weighted by Crippen LogP contribution is -2.48. The van der Waals surface area contributed by atoms with Crippen LogP contribution in [-0.2, 0) is 13.1 Å². The van der Waals surface area contributed by atoms with Crippen molar-refractivity contribution in [2.75, 3.05) is 32.7 Å². The van der Waals surface area contributed by atoms with Crippen LogP contribution in [0.15, 0.2) is 65.9 Å². The second kappa shape index (κ2) is 9.11. The van der Waals surface area contributed by atoms with Crippen LogP contribution in [0.3, 0.4) is 0 Å². The number of halogens is 1. The van der Waals surface area contributed by atoms with Crippen molar-refractivity contribution in [3.8, 4) is 0 Å². The number of likely N-dealkylation sites (tertiary alicyclic amines) is 1. The quantitative estimate of drug-likeness (QED) is 0.776. The number of piperidine rings is 1. The van der Waals surface area contributed by atoms with Crippen molar-refractivity contribution in [1.82, 2.24) is 20.2 Å². The summed E-state index contributed by atoms with van der Waals surface area (Å²) in [5, 5.41) is 3.35. The Balaban J connectivity index is 1.11. The fourth-order valence-corrected chi connectivity index (χ4v) is 5.26. The van der Waals surface area contributed by atoms with Gasteiger partial charge in [-0.1, -0.05) is 54.1 Å². The molecule has 1 fully saturated rings. The number of hydrogen-bond donors (Lipinski definition) is 1. The lowest BCUT2D eigenvalue weighted by atomic mass is 10.0. The van der Waals surface area contributed by atoms with Gasteiger partial charge in [-0.3, -0.25) is 9.80 Å². The topological polar surface area (TPSA) is 21.8 Å². The summed E-state index contributed by atoms with van der Waals surface area (Å²) in [6.07, 6.45) is 3.66. The highest BCUT2D eigenvalue weighted by atomic mass is 35.5. The van der Waals surface area contributed by atoms with Crippen LogP contribution in [0.25, 0.3) is 0 Å². The Morgan fingerprint density at radius 1 is 0.833 bits per heavy atom. The first kappa shape index (κ1) is 20.1. The van der Waals surface area contributed by atoms with Gasteiger partial charge in [-0.25, -0.2) is 5.01 Å². The Morgan fingerprint density at radius 2 is 1.60 bits per heavy atom. The van der Waals surface area contributed by atoms with Crippen LogP contribution in [0.4, 0.5) is 0 Å². The molecule has 4 nitrogen and oxygen atoms in total. The lowest BCUT2D eigenvalue weighted by Gasteiger charge is -2.37. The van der Waals surface area contributed by atoms with Crippen molar-refractivity contribution in [3.63, 3.8) is 0 Å². The standard InChI is InChI=1S/C25H31ClN4/c26-23-8-4-7-21(15-23)17-29-12-9-22-18-30(27-25(22)19-29)24-10-13-28(14-11-24)16-20-5-2-1-3-6-20/h1-8,15,24,27H,9-14,16-19H2. The van der Waals surface area contributed by atoms with Crippen LogP contribution in [-0.4, -0.2) is 53.6 Å². The van der Waals surface area contributed by atoms with E-state index < -0.39 is 0 Å². The molecule has 0 amide bonds. The fourth-order valence-electron chi connectivity index (χ4n) is 5.05. The van der Waals surface area contributed by atoms with E-state index in [2.05, 4.69) is 62.7 Å². The van der Waals surface area contributed by atoms with Crippen LogP contribution < -0.4 is 5.43 Å². The first-order valence-corrected chi connectivity index (χ1v) is 11.6. The molecule has 3 aliphatic rings. The zero-order valence-electron chi connectivity index (χ0n) is 17.6.